The molecule has 4 aromatic rings. The maximum Gasteiger partial charge on any atom is 0.321 e. The number of nitrogens with one attached hydrogen (secondary N) is 2. The molecule has 0 aliphatic carbocycles. The smallest absolute Gasteiger partial charge is 0.321 e. The molecule has 0 fully saturated rings. The van der Waals surface area contributed by atoms with Gasteiger partial charge in [-0.2, -0.15) is 4.72 Å². The van der Waals surface area contributed by atoms with E-state index in [0.717, 1.165) is 16.4 Å². The summed E-state index contributed by atoms with van der Waals surface area (Å²) in [5.74, 6) is -1.32. The second-order valence-electron chi connectivity index (χ2n) is 8.42. The molecule has 1 heterocycles. The molecule has 0 aliphatic heterocycles. The van der Waals surface area contributed by atoms with Gasteiger partial charge in [0.1, 0.15) is 17.2 Å². The molecule has 1 aromatic heterocycles. The summed E-state index contributed by atoms with van der Waals surface area (Å²) in [4.78, 5) is 11.7. The number of carboxylic acids is 1. The Morgan fingerprint density at radius 1 is 0.892 bits per heavy atom. The molecule has 1 atom stereocenters. The SMILES string of the molecule is O=C(O)C(CCCCNS(=O)(=O)/C=C/c1ccccc1)NS(=O)(=O)c1ccc2oc3ccccc3c2c1. The van der Waals surface area contributed by atoms with E-state index in [-0.39, 0.29) is 24.3 Å². The number of sulfonamides is 2. The van der Waals surface area contributed by atoms with Gasteiger partial charge in [0.2, 0.25) is 20.0 Å². The van der Waals surface area contributed by atoms with Crippen molar-refractivity contribution in [3.63, 3.8) is 0 Å². The molecule has 194 valence electrons. The van der Waals surface area contributed by atoms with Crippen molar-refractivity contribution >= 4 is 54.0 Å². The monoisotopic (exact) mass is 542 g/mol. The van der Waals surface area contributed by atoms with Crippen molar-refractivity contribution in [1.29, 1.82) is 0 Å². The number of unbranched alkanes of at least 4 members (excludes halogenated alkanes) is 1. The molecular weight excluding hydrogens is 516 g/mol. The van der Waals surface area contributed by atoms with Gasteiger partial charge in [0.05, 0.1) is 4.90 Å². The number of benzene rings is 3. The largest absolute Gasteiger partial charge is 0.480 e. The van der Waals surface area contributed by atoms with Crippen LogP contribution in [0.2, 0.25) is 0 Å². The van der Waals surface area contributed by atoms with Crippen molar-refractivity contribution in [2.45, 2.75) is 30.2 Å². The zero-order valence-corrected chi connectivity index (χ0v) is 21.3. The van der Waals surface area contributed by atoms with E-state index in [1.807, 2.05) is 24.3 Å². The van der Waals surface area contributed by atoms with Gasteiger partial charge in [-0.25, -0.2) is 21.6 Å². The Kier molecular flexibility index (Phi) is 8.08. The summed E-state index contributed by atoms with van der Waals surface area (Å²) in [5.41, 5.74) is 1.88. The molecule has 0 saturated carbocycles. The van der Waals surface area contributed by atoms with Crippen LogP contribution in [0.4, 0.5) is 0 Å². The fraction of sp³-hybridized carbons (Fsp3) is 0.192. The van der Waals surface area contributed by atoms with E-state index in [1.54, 1.807) is 30.3 Å². The topological polar surface area (TPSA) is 143 Å². The van der Waals surface area contributed by atoms with Crippen molar-refractivity contribution in [2.75, 3.05) is 6.54 Å². The molecule has 9 nitrogen and oxygen atoms in total. The van der Waals surface area contributed by atoms with Gasteiger partial charge >= 0.3 is 5.97 Å². The zero-order chi connectivity index (χ0) is 26.5. The third kappa shape index (κ3) is 6.83. The van der Waals surface area contributed by atoms with Crippen LogP contribution < -0.4 is 9.44 Å². The highest BCUT2D eigenvalue weighted by Gasteiger charge is 2.25. The summed E-state index contributed by atoms with van der Waals surface area (Å²) in [6, 6.07) is 19.2. The van der Waals surface area contributed by atoms with Crippen molar-refractivity contribution in [3.8, 4) is 0 Å². The van der Waals surface area contributed by atoms with Crippen LogP contribution in [0.15, 0.2) is 87.5 Å². The van der Waals surface area contributed by atoms with Crippen LogP contribution in [0, 0.1) is 0 Å². The molecule has 3 N–H and O–H groups in total. The number of furan rings is 1. The molecule has 3 aromatic carbocycles. The lowest BCUT2D eigenvalue weighted by atomic mass is 10.1. The molecule has 1 unspecified atom stereocenters. The Morgan fingerprint density at radius 2 is 1.59 bits per heavy atom. The first-order valence-electron chi connectivity index (χ1n) is 11.5. The lowest BCUT2D eigenvalue weighted by molar-refractivity contribution is -0.139. The Balaban J connectivity index is 1.34. The number of hydrogen-bond acceptors (Lipinski definition) is 6. The number of carbonyl (C=O) groups is 1. The number of aliphatic carboxylic acids is 1. The average Bonchev–Trinajstić information content (AvgIpc) is 3.25. The van der Waals surface area contributed by atoms with Crippen molar-refractivity contribution in [1.82, 2.24) is 9.44 Å². The summed E-state index contributed by atoms with van der Waals surface area (Å²) < 4.78 is 60.5. The maximum atomic E-state index is 13.0. The Hall–Kier alpha value is -3.51. The highest BCUT2D eigenvalue weighted by atomic mass is 32.2. The molecule has 0 aliphatic rings. The van der Waals surface area contributed by atoms with Crippen molar-refractivity contribution in [3.05, 3.63) is 83.8 Å². The van der Waals surface area contributed by atoms with E-state index in [0.29, 0.717) is 23.0 Å². The van der Waals surface area contributed by atoms with Gasteiger partial charge in [-0.05, 0) is 55.2 Å². The lowest BCUT2D eigenvalue weighted by Crippen LogP contribution is -2.40. The van der Waals surface area contributed by atoms with E-state index < -0.39 is 32.1 Å². The first kappa shape index (κ1) is 26.6. The first-order valence-corrected chi connectivity index (χ1v) is 14.6. The minimum absolute atomic E-state index is 0.00691. The summed E-state index contributed by atoms with van der Waals surface area (Å²) in [5, 5.41) is 12.0. The zero-order valence-electron chi connectivity index (χ0n) is 19.7. The first-order chi connectivity index (χ1) is 17.6. The second kappa shape index (κ2) is 11.3. The molecule has 0 saturated heterocycles. The van der Waals surface area contributed by atoms with Gasteiger partial charge in [-0.3, -0.25) is 4.79 Å². The molecular formula is C26H26N2O7S2. The van der Waals surface area contributed by atoms with Crippen LogP contribution in [-0.4, -0.2) is 40.5 Å². The van der Waals surface area contributed by atoms with Gasteiger partial charge < -0.3 is 9.52 Å². The fourth-order valence-electron chi connectivity index (χ4n) is 3.83. The van der Waals surface area contributed by atoms with Crippen LogP contribution in [0.5, 0.6) is 0 Å². The lowest BCUT2D eigenvalue weighted by Gasteiger charge is -2.15. The van der Waals surface area contributed by atoms with E-state index >= 15 is 0 Å². The normalized spacial score (nSPS) is 13.4. The second-order valence-corrected chi connectivity index (χ2v) is 11.8. The minimum atomic E-state index is -4.14. The number of fused-ring (bicyclic) bond motifs is 3. The summed E-state index contributed by atoms with van der Waals surface area (Å²) in [6.45, 7) is 0.0881. The molecule has 0 bridgehead atoms. The van der Waals surface area contributed by atoms with Crippen molar-refractivity contribution in [2.24, 2.45) is 0 Å². The molecule has 11 heteroatoms. The Morgan fingerprint density at radius 3 is 2.35 bits per heavy atom. The van der Waals surface area contributed by atoms with Gasteiger partial charge in [-0.1, -0.05) is 48.5 Å². The average molecular weight is 543 g/mol. The van der Waals surface area contributed by atoms with Crippen LogP contribution in [0.3, 0.4) is 0 Å². The van der Waals surface area contributed by atoms with Gasteiger partial charge in [-0.15, -0.1) is 0 Å². The fourth-order valence-corrected chi connectivity index (χ4v) is 5.94. The highest BCUT2D eigenvalue weighted by molar-refractivity contribution is 7.92. The number of hydrogen-bond donors (Lipinski definition) is 3. The molecule has 0 spiro atoms. The van der Waals surface area contributed by atoms with Crippen molar-refractivity contribution < 1.29 is 31.2 Å². The van der Waals surface area contributed by atoms with E-state index in [1.165, 1.54) is 24.3 Å². The highest BCUT2D eigenvalue weighted by Crippen LogP contribution is 2.30. The molecule has 4 rings (SSSR count). The minimum Gasteiger partial charge on any atom is -0.480 e. The third-order valence-electron chi connectivity index (χ3n) is 5.72. The number of para-hydroxylation sites is 1. The van der Waals surface area contributed by atoms with Crippen LogP contribution in [-0.2, 0) is 24.8 Å². The van der Waals surface area contributed by atoms with E-state index in [9.17, 15) is 26.7 Å². The van der Waals surface area contributed by atoms with Gasteiger partial charge in [0, 0.05) is 22.7 Å². The Labute approximate surface area is 214 Å². The molecule has 37 heavy (non-hydrogen) atoms. The van der Waals surface area contributed by atoms with E-state index in [2.05, 4.69) is 9.44 Å². The summed E-state index contributed by atoms with van der Waals surface area (Å²) in [7, 11) is -7.79. The predicted molar refractivity (Wildman–Crippen MR) is 142 cm³/mol. The predicted octanol–water partition coefficient (Wildman–Crippen LogP) is 4.08. The van der Waals surface area contributed by atoms with E-state index in [4.69, 9.17) is 4.42 Å². The maximum absolute atomic E-state index is 13.0. The van der Waals surface area contributed by atoms with Crippen LogP contribution in [0.25, 0.3) is 28.0 Å². The summed E-state index contributed by atoms with van der Waals surface area (Å²) >= 11 is 0. The standard InChI is InChI=1S/C26H26N2O7S2/c29-26(30)23(11-6-7-16-27-36(31,32)17-15-19-8-2-1-3-9-19)28-37(33,34)20-13-14-25-22(18-20)21-10-4-5-12-24(21)35-25/h1-5,8-10,12-15,17-18,23,27-28H,6-7,11,16H2,(H,29,30)/b17-15+. The summed E-state index contributed by atoms with van der Waals surface area (Å²) in [6.07, 6.45) is 2.08. The number of carboxylic acid groups (broad SMARTS) is 1. The van der Waals surface area contributed by atoms with Crippen LogP contribution in [0.1, 0.15) is 24.8 Å². The molecule has 0 radical (unpaired) electrons. The third-order valence-corrected chi connectivity index (χ3v) is 8.29. The number of rotatable bonds is 12. The Bertz CT molecular complexity index is 1640. The van der Waals surface area contributed by atoms with Crippen LogP contribution >= 0.6 is 0 Å². The van der Waals surface area contributed by atoms with Gasteiger partial charge in [0.25, 0.3) is 0 Å². The van der Waals surface area contributed by atoms with Gasteiger partial charge in [0.15, 0.2) is 0 Å². The quantitative estimate of drug-likeness (QED) is 0.229. The molecule has 0 amide bonds.